The van der Waals surface area contributed by atoms with Gasteiger partial charge in [0.15, 0.2) is 0 Å². The van der Waals surface area contributed by atoms with Crippen molar-refractivity contribution in [1.82, 2.24) is 0 Å². The molecule has 0 aromatic carbocycles. The molecule has 1 nitrogen and oxygen atoms in total. The molecular formula is C14H24ClN. The molecular weight excluding hydrogens is 218 g/mol. The Bertz CT molecular complexity index is 322. The highest BCUT2D eigenvalue weighted by atomic mass is 35.5. The van der Waals surface area contributed by atoms with Crippen molar-refractivity contribution < 1.29 is 0 Å². The monoisotopic (exact) mass is 241 g/mol. The van der Waals surface area contributed by atoms with Crippen molar-refractivity contribution in [2.45, 2.75) is 58.4 Å². The minimum absolute atomic E-state index is 0. The molecule has 92 valence electrons. The molecule has 0 heterocycles. The van der Waals surface area contributed by atoms with Gasteiger partial charge in [-0.05, 0) is 66.6 Å². The standard InChI is InChI=1S/C14H23N.ClH/c1-12-6-13(12,2)8-14(7-12)10-4-3-9(5-10)11(14)15;/h9-11H,3-8,15H2,1-2H3;1H. The summed E-state index contributed by atoms with van der Waals surface area (Å²) in [5.74, 6) is 1.89. The van der Waals surface area contributed by atoms with Crippen LogP contribution >= 0.6 is 12.4 Å². The zero-order chi connectivity index (χ0) is 10.5. The Balaban J connectivity index is 0.000000810. The Morgan fingerprint density at radius 1 is 1.00 bits per heavy atom. The molecule has 4 rings (SSSR count). The first-order valence-corrected chi connectivity index (χ1v) is 6.75. The Hall–Kier alpha value is 0.250. The van der Waals surface area contributed by atoms with Gasteiger partial charge in [-0.3, -0.25) is 0 Å². The van der Waals surface area contributed by atoms with E-state index in [1.165, 1.54) is 38.5 Å². The van der Waals surface area contributed by atoms with Crippen LogP contribution in [0.15, 0.2) is 0 Å². The summed E-state index contributed by atoms with van der Waals surface area (Å²) < 4.78 is 0. The van der Waals surface area contributed by atoms with Crippen LogP contribution in [0.3, 0.4) is 0 Å². The molecule has 2 N–H and O–H groups in total. The molecule has 4 aliphatic rings. The summed E-state index contributed by atoms with van der Waals surface area (Å²) in [6, 6.07) is 0.553. The van der Waals surface area contributed by atoms with E-state index in [4.69, 9.17) is 5.73 Å². The van der Waals surface area contributed by atoms with E-state index in [1.807, 2.05) is 0 Å². The normalized spacial score (nSPS) is 65.8. The predicted molar refractivity (Wildman–Crippen MR) is 68.6 cm³/mol. The van der Waals surface area contributed by atoms with E-state index in [9.17, 15) is 0 Å². The molecule has 0 radical (unpaired) electrons. The first kappa shape index (κ1) is 11.3. The Kier molecular flexibility index (Phi) is 1.99. The van der Waals surface area contributed by atoms with Gasteiger partial charge < -0.3 is 5.73 Å². The number of nitrogens with two attached hydrogens (primary N) is 1. The van der Waals surface area contributed by atoms with Crippen molar-refractivity contribution in [3.05, 3.63) is 0 Å². The fourth-order valence-corrected chi connectivity index (χ4v) is 6.01. The topological polar surface area (TPSA) is 26.0 Å². The smallest absolute Gasteiger partial charge is 0.0127 e. The van der Waals surface area contributed by atoms with Crippen LogP contribution in [-0.4, -0.2) is 6.04 Å². The Morgan fingerprint density at radius 2 is 1.62 bits per heavy atom. The molecule has 2 bridgehead atoms. The maximum absolute atomic E-state index is 6.56. The predicted octanol–water partition coefficient (Wildman–Crippen LogP) is 3.36. The lowest BCUT2D eigenvalue weighted by atomic mass is 9.66. The first-order chi connectivity index (χ1) is 6.99. The molecule has 5 unspecified atom stereocenters. The first-order valence-electron chi connectivity index (χ1n) is 6.75. The molecule has 0 amide bonds. The number of halogens is 1. The van der Waals surface area contributed by atoms with Crippen molar-refractivity contribution in [2.24, 2.45) is 33.8 Å². The maximum atomic E-state index is 6.56. The number of fused-ring (bicyclic) bond motifs is 4. The van der Waals surface area contributed by atoms with E-state index in [1.54, 1.807) is 0 Å². The summed E-state index contributed by atoms with van der Waals surface area (Å²) in [5.41, 5.74) is 8.50. The molecule has 0 aliphatic heterocycles. The molecule has 16 heavy (non-hydrogen) atoms. The highest BCUT2D eigenvalue weighted by molar-refractivity contribution is 5.85. The number of hydrogen-bond acceptors (Lipinski definition) is 1. The summed E-state index contributed by atoms with van der Waals surface area (Å²) in [4.78, 5) is 0. The second-order valence-corrected chi connectivity index (χ2v) is 7.68. The minimum atomic E-state index is 0. The molecule has 0 saturated heterocycles. The summed E-state index contributed by atoms with van der Waals surface area (Å²) >= 11 is 0. The van der Waals surface area contributed by atoms with E-state index >= 15 is 0 Å². The van der Waals surface area contributed by atoms with Crippen molar-refractivity contribution in [2.75, 3.05) is 0 Å². The van der Waals surface area contributed by atoms with E-state index < -0.39 is 0 Å². The molecule has 4 saturated carbocycles. The molecule has 0 aromatic heterocycles. The number of rotatable bonds is 0. The zero-order valence-electron chi connectivity index (χ0n) is 10.5. The largest absolute Gasteiger partial charge is 0.327 e. The van der Waals surface area contributed by atoms with Gasteiger partial charge in [0.1, 0.15) is 0 Å². The third-order valence-electron chi connectivity index (χ3n) is 7.01. The Morgan fingerprint density at radius 3 is 2.12 bits per heavy atom. The molecule has 0 aromatic rings. The summed E-state index contributed by atoms with van der Waals surface area (Å²) in [6.07, 6.45) is 8.78. The highest BCUT2D eigenvalue weighted by Crippen LogP contribution is 2.82. The third-order valence-corrected chi connectivity index (χ3v) is 7.01. The van der Waals surface area contributed by atoms with Gasteiger partial charge in [0.25, 0.3) is 0 Å². The van der Waals surface area contributed by atoms with Crippen LogP contribution in [-0.2, 0) is 0 Å². The van der Waals surface area contributed by atoms with Crippen molar-refractivity contribution >= 4 is 12.4 Å². The number of hydrogen-bond donors (Lipinski definition) is 1. The van der Waals surface area contributed by atoms with E-state index in [-0.39, 0.29) is 12.4 Å². The van der Waals surface area contributed by atoms with Crippen molar-refractivity contribution in [3.8, 4) is 0 Å². The molecule has 4 aliphatic carbocycles. The van der Waals surface area contributed by atoms with Gasteiger partial charge in [0.2, 0.25) is 0 Å². The van der Waals surface area contributed by atoms with Gasteiger partial charge in [-0.2, -0.15) is 0 Å². The van der Waals surface area contributed by atoms with Gasteiger partial charge in [0.05, 0.1) is 0 Å². The van der Waals surface area contributed by atoms with Crippen LogP contribution in [0.2, 0.25) is 0 Å². The van der Waals surface area contributed by atoms with Gasteiger partial charge >= 0.3 is 0 Å². The molecule has 1 spiro atoms. The SMILES string of the molecule is CC12CC3(CC1(C)C2)C1CCC(C1)C3N.Cl. The summed E-state index contributed by atoms with van der Waals surface area (Å²) in [7, 11) is 0. The fraction of sp³-hybridized carbons (Fsp3) is 1.00. The molecule has 5 atom stereocenters. The lowest BCUT2D eigenvalue weighted by Gasteiger charge is -2.41. The van der Waals surface area contributed by atoms with Crippen LogP contribution < -0.4 is 5.73 Å². The van der Waals surface area contributed by atoms with Gasteiger partial charge in [-0.1, -0.05) is 13.8 Å². The van der Waals surface area contributed by atoms with Gasteiger partial charge in [0, 0.05) is 6.04 Å². The quantitative estimate of drug-likeness (QED) is 0.692. The van der Waals surface area contributed by atoms with Gasteiger partial charge in [-0.15, -0.1) is 12.4 Å². The molecule has 2 heteroatoms. The highest BCUT2D eigenvalue weighted by Gasteiger charge is 2.75. The average Bonchev–Trinajstić information content (AvgIpc) is 2.61. The van der Waals surface area contributed by atoms with E-state index in [0.29, 0.717) is 22.3 Å². The average molecular weight is 242 g/mol. The summed E-state index contributed by atoms with van der Waals surface area (Å²) in [5, 5.41) is 0. The fourth-order valence-electron chi connectivity index (χ4n) is 6.01. The third kappa shape index (κ3) is 0.991. The van der Waals surface area contributed by atoms with Crippen LogP contribution in [0.5, 0.6) is 0 Å². The Labute approximate surface area is 105 Å². The van der Waals surface area contributed by atoms with E-state index in [2.05, 4.69) is 13.8 Å². The second kappa shape index (κ2) is 2.80. The molecule has 4 fully saturated rings. The zero-order valence-corrected chi connectivity index (χ0v) is 11.3. The van der Waals surface area contributed by atoms with Crippen molar-refractivity contribution in [1.29, 1.82) is 0 Å². The van der Waals surface area contributed by atoms with Gasteiger partial charge in [-0.25, -0.2) is 0 Å². The lowest BCUT2D eigenvalue weighted by Crippen LogP contribution is -2.46. The maximum Gasteiger partial charge on any atom is 0.0127 e. The lowest BCUT2D eigenvalue weighted by molar-refractivity contribution is 0.107. The minimum Gasteiger partial charge on any atom is -0.327 e. The van der Waals surface area contributed by atoms with Crippen LogP contribution in [0.1, 0.15) is 52.4 Å². The summed E-state index contributed by atoms with van der Waals surface area (Å²) in [6.45, 7) is 5.03. The van der Waals surface area contributed by atoms with Crippen LogP contribution in [0, 0.1) is 28.1 Å². The van der Waals surface area contributed by atoms with Crippen molar-refractivity contribution in [3.63, 3.8) is 0 Å². The van der Waals surface area contributed by atoms with E-state index in [0.717, 1.165) is 11.8 Å². The second-order valence-electron chi connectivity index (χ2n) is 7.68. The van der Waals surface area contributed by atoms with Crippen LogP contribution in [0.25, 0.3) is 0 Å². The van der Waals surface area contributed by atoms with Crippen LogP contribution in [0.4, 0.5) is 0 Å².